The third-order valence-electron chi connectivity index (χ3n) is 4.24. The summed E-state index contributed by atoms with van der Waals surface area (Å²) in [6.45, 7) is 3.50. The van der Waals surface area contributed by atoms with Gasteiger partial charge in [-0.15, -0.1) is 0 Å². The van der Waals surface area contributed by atoms with Crippen LogP contribution >= 0.6 is 11.3 Å². The van der Waals surface area contributed by atoms with Gasteiger partial charge >= 0.3 is 0 Å². The summed E-state index contributed by atoms with van der Waals surface area (Å²) in [5, 5.41) is 5.35. The van der Waals surface area contributed by atoms with Crippen LogP contribution in [0.1, 0.15) is 22.7 Å². The standard InChI is InChI=1S/C17H18N4O2S/c1-11-8-16(22)21-17(18-11)24-15(19-21)10-20-7-3-4-12-9-13(23-2)5-6-14(12)20/h5-6,8-9H,3-4,7,10H2,1-2H3. The van der Waals surface area contributed by atoms with Crippen LogP contribution < -0.4 is 15.2 Å². The molecule has 6 nitrogen and oxygen atoms in total. The first kappa shape index (κ1) is 15.1. The Labute approximate surface area is 143 Å². The predicted octanol–water partition coefficient (Wildman–Crippen LogP) is 2.42. The first-order valence-corrected chi connectivity index (χ1v) is 8.74. The van der Waals surface area contributed by atoms with Gasteiger partial charge in [-0.2, -0.15) is 9.61 Å². The largest absolute Gasteiger partial charge is 0.497 e. The van der Waals surface area contributed by atoms with Gasteiger partial charge in [0.15, 0.2) is 0 Å². The minimum absolute atomic E-state index is 0.121. The van der Waals surface area contributed by atoms with Crippen molar-refractivity contribution in [2.75, 3.05) is 18.6 Å². The van der Waals surface area contributed by atoms with E-state index in [2.05, 4.69) is 27.1 Å². The average molecular weight is 342 g/mol. The van der Waals surface area contributed by atoms with E-state index in [-0.39, 0.29) is 5.56 Å². The molecule has 0 saturated carbocycles. The van der Waals surface area contributed by atoms with Crippen molar-refractivity contribution >= 4 is 22.0 Å². The average Bonchev–Trinajstić information content (AvgIpc) is 2.97. The molecular formula is C17H18N4O2S. The van der Waals surface area contributed by atoms with E-state index in [1.54, 1.807) is 7.11 Å². The van der Waals surface area contributed by atoms with Crippen molar-refractivity contribution in [1.82, 2.24) is 14.6 Å². The Bertz CT molecular complexity index is 963. The number of anilines is 1. The molecule has 0 N–H and O–H groups in total. The van der Waals surface area contributed by atoms with E-state index in [1.165, 1.54) is 33.2 Å². The summed E-state index contributed by atoms with van der Waals surface area (Å²) < 4.78 is 6.72. The fraction of sp³-hybridized carbons (Fsp3) is 0.353. The molecule has 3 heterocycles. The van der Waals surface area contributed by atoms with Gasteiger partial charge in [0.2, 0.25) is 4.96 Å². The number of methoxy groups -OCH3 is 1. The summed E-state index contributed by atoms with van der Waals surface area (Å²) in [5.74, 6) is 0.891. The number of ether oxygens (including phenoxy) is 1. The summed E-state index contributed by atoms with van der Waals surface area (Å²) in [6.07, 6.45) is 2.16. The summed E-state index contributed by atoms with van der Waals surface area (Å²) in [5.41, 5.74) is 3.13. The van der Waals surface area contributed by atoms with Crippen LogP contribution in [0.4, 0.5) is 5.69 Å². The summed E-state index contributed by atoms with van der Waals surface area (Å²) in [6, 6.07) is 7.72. The highest BCUT2D eigenvalue weighted by atomic mass is 32.1. The molecule has 1 aromatic carbocycles. The lowest BCUT2D eigenvalue weighted by Crippen LogP contribution is -2.29. The second-order valence-electron chi connectivity index (χ2n) is 5.95. The highest BCUT2D eigenvalue weighted by Gasteiger charge is 2.19. The number of nitrogens with zero attached hydrogens (tertiary/aromatic N) is 4. The number of benzene rings is 1. The Morgan fingerprint density at radius 2 is 2.21 bits per heavy atom. The molecule has 24 heavy (non-hydrogen) atoms. The van der Waals surface area contributed by atoms with Crippen LogP contribution in [0.3, 0.4) is 0 Å². The molecule has 0 saturated heterocycles. The molecule has 4 rings (SSSR count). The van der Waals surface area contributed by atoms with Gasteiger partial charge in [0.1, 0.15) is 10.8 Å². The molecule has 0 radical (unpaired) electrons. The van der Waals surface area contributed by atoms with Crippen molar-refractivity contribution < 1.29 is 4.74 Å². The van der Waals surface area contributed by atoms with E-state index in [9.17, 15) is 4.79 Å². The van der Waals surface area contributed by atoms with E-state index < -0.39 is 0 Å². The topological polar surface area (TPSA) is 59.7 Å². The van der Waals surface area contributed by atoms with Crippen molar-refractivity contribution in [3.05, 3.63) is 50.9 Å². The van der Waals surface area contributed by atoms with Crippen molar-refractivity contribution in [2.45, 2.75) is 26.3 Å². The number of aryl methyl sites for hydroxylation is 2. The zero-order chi connectivity index (χ0) is 16.7. The molecule has 3 aromatic rings. The maximum atomic E-state index is 12.0. The molecule has 0 spiro atoms. The Morgan fingerprint density at radius 3 is 3.04 bits per heavy atom. The number of rotatable bonds is 3. The second-order valence-corrected chi connectivity index (χ2v) is 6.99. The molecular weight excluding hydrogens is 324 g/mol. The van der Waals surface area contributed by atoms with Crippen LogP contribution in [-0.4, -0.2) is 28.3 Å². The zero-order valence-electron chi connectivity index (χ0n) is 13.7. The molecule has 1 aliphatic rings. The van der Waals surface area contributed by atoms with Crippen molar-refractivity contribution in [3.63, 3.8) is 0 Å². The zero-order valence-corrected chi connectivity index (χ0v) is 14.5. The number of hydrogen-bond donors (Lipinski definition) is 0. The van der Waals surface area contributed by atoms with Gasteiger partial charge in [0.05, 0.1) is 13.7 Å². The van der Waals surface area contributed by atoms with Crippen LogP contribution in [-0.2, 0) is 13.0 Å². The van der Waals surface area contributed by atoms with E-state index in [0.717, 1.165) is 35.8 Å². The minimum atomic E-state index is -0.121. The van der Waals surface area contributed by atoms with Crippen molar-refractivity contribution in [2.24, 2.45) is 0 Å². The van der Waals surface area contributed by atoms with E-state index in [0.29, 0.717) is 11.5 Å². The van der Waals surface area contributed by atoms with Gasteiger partial charge < -0.3 is 9.64 Å². The van der Waals surface area contributed by atoms with Crippen LogP contribution in [0.15, 0.2) is 29.1 Å². The molecule has 0 bridgehead atoms. The lowest BCUT2D eigenvalue weighted by atomic mass is 10.0. The second kappa shape index (κ2) is 5.90. The first-order chi connectivity index (χ1) is 11.6. The molecule has 7 heteroatoms. The molecule has 0 aliphatic carbocycles. The molecule has 0 atom stereocenters. The minimum Gasteiger partial charge on any atom is -0.497 e. The van der Waals surface area contributed by atoms with Crippen molar-refractivity contribution in [3.8, 4) is 5.75 Å². The van der Waals surface area contributed by atoms with E-state index in [1.807, 2.05) is 13.0 Å². The summed E-state index contributed by atoms with van der Waals surface area (Å²) in [7, 11) is 1.69. The highest BCUT2D eigenvalue weighted by Crippen LogP contribution is 2.31. The Balaban J connectivity index is 1.67. The van der Waals surface area contributed by atoms with Gasteiger partial charge in [0, 0.05) is 24.0 Å². The highest BCUT2D eigenvalue weighted by molar-refractivity contribution is 7.16. The molecule has 124 valence electrons. The third-order valence-corrected chi connectivity index (χ3v) is 5.14. The van der Waals surface area contributed by atoms with Crippen molar-refractivity contribution in [1.29, 1.82) is 0 Å². The molecule has 0 unspecified atom stereocenters. The van der Waals surface area contributed by atoms with E-state index >= 15 is 0 Å². The first-order valence-electron chi connectivity index (χ1n) is 7.92. The monoisotopic (exact) mass is 342 g/mol. The van der Waals surface area contributed by atoms with Gasteiger partial charge in [-0.25, -0.2) is 4.98 Å². The van der Waals surface area contributed by atoms with Gasteiger partial charge in [0.25, 0.3) is 5.56 Å². The number of fused-ring (bicyclic) bond motifs is 2. The van der Waals surface area contributed by atoms with Gasteiger partial charge in [-0.05, 0) is 43.5 Å². The number of aromatic nitrogens is 3. The van der Waals surface area contributed by atoms with Crippen LogP contribution in [0.5, 0.6) is 5.75 Å². The Hall–Kier alpha value is -2.41. The molecule has 0 fully saturated rings. The SMILES string of the molecule is COc1ccc2c(c1)CCCN2Cc1nn2c(=O)cc(C)nc2s1. The third kappa shape index (κ3) is 2.65. The van der Waals surface area contributed by atoms with Crippen LogP contribution in [0.2, 0.25) is 0 Å². The predicted molar refractivity (Wildman–Crippen MR) is 94.2 cm³/mol. The molecule has 1 aliphatic heterocycles. The fourth-order valence-corrected chi connectivity index (χ4v) is 4.09. The summed E-state index contributed by atoms with van der Waals surface area (Å²) >= 11 is 1.48. The van der Waals surface area contributed by atoms with Crippen LogP contribution in [0, 0.1) is 6.92 Å². The quantitative estimate of drug-likeness (QED) is 0.732. The maximum absolute atomic E-state index is 12.0. The Kier molecular flexibility index (Phi) is 3.72. The van der Waals surface area contributed by atoms with Crippen LogP contribution in [0.25, 0.3) is 4.96 Å². The smallest absolute Gasteiger partial charge is 0.275 e. The maximum Gasteiger partial charge on any atom is 0.275 e. The fourth-order valence-electron chi connectivity index (χ4n) is 3.13. The van der Waals surface area contributed by atoms with E-state index in [4.69, 9.17) is 4.74 Å². The molecule has 2 aromatic heterocycles. The van der Waals surface area contributed by atoms with Gasteiger partial charge in [-0.1, -0.05) is 11.3 Å². The Morgan fingerprint density at radius 1 is 1.33 bits per heavy atom. The normalized spacial score (nSPS) is 14.0. The molecule has 0 amide bonds. The lowest BCUT2D eigenvalue weighted by molar-refractivity contribution is 0.414. The van der Waals surface area contributed by atoms with Gasteiger partial charge in [-0.3, -0.25) is 4.79 Å². The number of hydrogen-bond acceptors (Lipinski definition) is 6. The summed E-state index contributed by atoms with van der Waals surface area (Å²) in [4.78, 5) is 19.4. The lowest BCUT2D eigenvalue weighted by Gasteiger charge is -2.30.